The summed E-state index contributed by atoms with van der Waals surface area (Å²) in [5, 5.41) is 6.94. The summed E-state index contributed by atoms with van der Waals surface area (Å²) < 4.78 is 0. The number of amidine groups is 1. The number of hydrogen-bond donors (Lipinski definition) is 3. The number of nitrogens with zero attached hydrogens (tertiary/aromatic N) is 1. The molecule has 0 radical (unpaired) electrons. The summed E-state index contributed by atoms with van der Waals surface area (Å²) in [5.74, 6) is 1.23. The molecular weight excluding hydrogens is 260 g/mol. The fourth-order valence-corrected chi connectivity index (χ4v) is 2.16. The highest BCUT2D eigenvalue weighted by atomic mass is 35.5. The average Bonchev–Trinajstić information content (AvgIpc) is 2.65. The van der Waals surface area contributed by atoms with Crippen LogP contribution in [-0.4, -0.2) is 38.6 Å². The molecule has 0 aromatic heterocycles. The molecule has 1 aliphatic rings. The molecular formula is C14H31ClN4. The first-order valence-corrected chi connectivity index (χ1v) is 7.61. The number of unbranched alkanes of at least 4 members (excludes halogenated alkanes) is 2. The van der Waals surface area contributed by atoms with Crippen LogP contribution in [0.1, 0.15) is 51.4 Å². The van der Waals surface area contributed by atoms with E-state index in [2.05, 4.69) is 15.6 Å². The SMILES string of the molecule is Cl.NCCCCCNCCCNC1=NCCCCC1. The van der Waals surface area contributed by atoms with Crippen LogP contribution in [0.15, 0.2) is 4.99 Å². The molecule has 0 fully saturated rings. The minimum absolute atomic E-state index is 0. The largest absolute Gasteiger partial charge is 0.374 e. The van der Waals surface area contributed by atoms with Crippen molar-refractivity contribution < 1.29 is 0 Å². The predicted molar refractivity (Wildman–Crippen MR) is 86.4 cm³/mol. The van der Waals surface area contributed by atoms with Crippen LogP contribution in [0.3, 0.4) is 0 Å². The molecule has 1 heterocycles. The van der Waals surface area contributed by atoms with Crippen LogP contribution in [0.5, 0.6) is 0 Å². The second-order valence-electron chi connectivity index (χ2n) is 5.02. The highest BCUT2D eigenvalue weighted by Gasteiger charge is 2.02. The van der Waals surface area contributed by atoms with Gasteiger partial charge in [-0.1, -0.05) is 12.8 Å². The van der Waals surface area contributed by atoms with Gasteiger partial charge in [0.2, 0.25) is 0 Å². The van der Waals surface area contributed by atoms with Crippen molar-refractivity contribution in [3.63, 3.8) is 0 Å². The monoisotopic (exact) mass is 290 g/mol. The number of rotatable bonds is 9. The molecule has 0 aliphatic carbocycles. The summed E-state index contributed by atoms with van der Waals surface area (Å²) in [4.78, 5) is 4.56. The lowest BCUT2D eigenvalue weighted by Gasteiger charge is -2.08. The van der Waals surface area contributed by atoms with Gasteiger partial charge in [0.1, 0.15) is 0 Å². The zero-order valence-electron chi connectivity index (χ0n) is 12.1. The van der Waals surface area contributed by atoms with Gasteiger partial charge in [-0.15, -0.1) is 12.4 Å². The maximum Gasteiger partial charge on any atom is 0.0963 e. The van der Waals surface area contributed by atoms with Crippen molar-refractivity contribution in [2.45, 2.75) is 51.4 Å². The Morgan fingerprint density at radius 3 is 2.63 bits per heavy atom. The second kappa shape index (κ2) is 14.1. The van der Waals surface area contributed by atoms with Gasteiger partial charge in [-0.05, 0) is 51.7 Å². The molecule has 1 rings (SSSR count). The van der Waals surface area contributed by atoms with Gasteiger partial charge in [0, 0.05) is 19.5 Å². The molecule has 19 heavy (non-hydrogen) atoms. The first kappa shape index (κ1) is 18.7. The third kappa shape index (κ3) is 11.2. The normalized spacial score (nSPS) is 15.3. The van der Waals surface area contributed by atoms with E-state index in [1.165, 1.54) is 44.4 Å². The Bertz CT molecular complexity index is 221. The third-order valence-corrected chi connectivity index (χ3v) is 3.29. The van der Waals surface area contributed by atoms with Gasteiger partial charge >= 0.3 is 0 Å². The Morgan fingerprint density at radius 2 is 1.79 bits per heavy atom. The molecule has 0 bridgehead atoms. The maximum absolute atomic E-state index is 5.45. The number of aliphatic imine (C=N–C) groups is 1. The van der Waals surface area contributed by atoms with E-state index in [0.29, 0.717) is 0 Å². The first-order valence-electron chi connectivity index (χ1n) is 7.61. The number of hydrogen-bond acceptors (Lipinski definition) is 4. The summed E-state index contributed by atoms with van der Waals surface area (Å²) in [6.45, 7) is 5.12. The molecule has 0 aromatic carbocycles. The van der Waals surface area contributed by atoms with E-state index in [-0.39, 0.29) is 12.4 Å². The standard InChI is InChI=1S/C14H30N4.ClH/c15-9-4-2-5-10-16-11-7-13-18-14-8-3-1-6-12-17-14;/h16H,1-13,15H2,(H,17,18);1H. The number of halogens is 1. The molecule has 0 unspecified atom stereocenters. The lowest BCUT2D eigenvalue weighted by atomic mass is 10.2. The Balaban J connectivity index is 0.00000324. The van der Waals surface area contributed by atoms with Crippen molar-refractivity contribution in [2.24, 2.45) is 10.7 Å². The van der Waals surface area contributed by atoms with Crippen LogP contribution in [0.2, 0.25) is 0 Å². The Kier molecular flexibility index (Phi) is 13.9. The van der Waals surface area contributed by atoms with Gasteiger partial charge in [0.05, 0.1) is 5.84 Å². The molecule has 5 heteroatoms. The van der Waals surface area contributed by atoms with Crippen molar-refractivity contribution in [3.8, 4) is 0 Å². The van der Waals surface area contributed by atoms with Crippen LogP contribution in [0.4, 0.5) is 0 Å². The summed E-state index contributed by atoms with van der Waals surface area (Å²) in [7, 11) is 0. The fourth-order valence-electron chi connectivity index (χ4n) is 2.16. The third-order valence-electron chi connectivity index (χ3n) is 3.29. The Labute approximate surface area is 124 Å². The van der Waals surface area contributed by atoms with Crippen LogP contribution in [0, 0.1) is 0 Å². The predicted octanol–water partition coefficient (Wildman–Crippen LogP) is 2.08. The van der Waals surface area contributed by atoms with E-state index in [1.807, 2.05) is 0 Å². The smallest absolute Gasteiger partial charge is 0.0963 e. The van der Waals surface area contributed by atoms with Crippen molar-refractivity contribution in [1.29, 1.82) is 0 Å². The highest BCUT2D eigenvalue weighted by Crippen LogP contribution is 2.05. The summed E-state index contributed by atoms with van der Waals surface area (Å²) >= 11 is 0. The lowest BCUT2D eigenvalue weighted by molar-refractivity contribution is 0.588. The highest BCUT2D eigenvalue weighted by molar-refractivity contribution is 5.85. The van der Waals surface area contributed by atoms with Gasteiger partial charge < -0.3 is 16.4 Å². The molecule has 1 aliphatic heterocycles. The van der Waals surface area contributed by atoms with Gasteiger partial charge in [0.25, 0.3) is 0 Å². The topological polar surface area (TPSA) is 62.4 Å². The zero-order valence-corrected chi connectivity index (χ0v) is 12.9. The maximum atomic E-state index is 5.45. The van der Waals surface area contributed by atoms with Crippen molar-refractivity contribution >= 4 is 18.2 Å². The van der Waals surface area contributed by atoms with Crippen molar-refractivity contribution in [1.82, 2.24) is 10.6 Å². The molecule has 0 saturated heterocycles. The van der Waals surface area contributed by atoms with Gasteiger partial charge in [-0.2, -0.15) is 0 Å². The summed E-state index contributed by atoms with van der Waals surface area (Å²) in [6, 6.07) is 0. The fraction of sp³-hybridized carbons (Fsp3) is 0.929. The van der Waals surface area contributed by atoms with E-state index in [4.69, 9.17) is 5.73 Å². The molecule has 4 nitrogen and oxygen atoms in total. The van der Waals surface area contributed by atoms with Crippen LogP contribution in [-0.2, 0) is 0 Å². The van der Waals surface area contributed by atoms with E-state index < -0.39 is 0 Å². The van der Waals surface area contributed by atoms with Crippen LogP contribution < -0.4 is 16.4 Å². The van der Waals surface area contributed by atoms with Crippen LogP contribution in [0.25, 0.3) is 0 Å². The van der Waals surface area contributed by atoms with Crippen molar-refractivity contribution in [2.75, 3.05) is 32.7 Å². The van der Waals surface area contributed by atoms with E-state index >= 15 is 0 Å². The quantitative estimate of drug-likeness (QED) is 0.570. The second-order valence-corrected chi connectivity index (χ2v) is 5.02. The van der Waals surface area contributed by atoms with E-state index in [0.717, 1.165) is 45.6 Å². The molecule has 0 atom stereocenters. The molecule has 0 amide bonds. The van der Waals surface area contributed by atoms with Crippen LogP contribution >= 0.6 is 12.4 Å². The Hall–Kier alpha value is -0.320. The van der Waals surface area contributed by atoms with Crippen molar-refractivity contribution in [3.05, 3.63) is 0 Å². The lowest BCUT2D eigenvalue weighted by Crippen LogP contribution is -2.27. The van der Waals surface area contributed by atoms with Gasteiger partial charge in [-0.3, -0.25) is 4.99 Å². The molecule has 0 aromatic rings. The van der Waals surface area contributed by atoms with E-state index in [9.17, 15) is 0 Å². The number of nitrogens with one attached hydrogen (secondary N) is 2. The minimum Gasteiger partial charge on any atom is -0.374 e. The van der Waals surface area contributed by atoms with Gasteiger partial charge in [-0.25, -0.2) is 0 Å². The average molecular weight is 291 g/mol. The molecule has 4 N–H and O–H groups in total. The Morgan fingerprint density at radius 1 is 0.947 bits per heavy atom. The first-order chi connectivity index (χ1) is 8.93. The summed E-state index contributed by atoms with van der Waals surface area (Å²) in [5.41, 5.74) is 5.45. The minimum atomic E-state index is 0. The van der Waals surface area contributed by atoms with Gasteiger partial charge in [0.15, 0.2) is 0 Å². The number of nitrogens with two attached hydrogens (primary N) is 1. The summed E-state index contributed by atoms with van der Waals surface area (Å²) in [6.07, 6.45) is 9.86. The zero-order chi connectivity index (χ0) is 12.9. The van der Waals surface area contributed by atoms with E-state index in [1.54, 1.807) is 0 Å². The molecule has 0 spiro atoms. The molecule has 0 saturated carbocycles. The molecule has 114 valence electrons.